The van der Waals surface area contributed by atoms with Gasteiger partial charge in [0.25, 0.3) is 11.6 Å². The van der Waals surface area contributed by atoms with Crippen molar-refractivity contribution in [1.29, 1.82) is 0 Å². The van der Waals surface area contributed by atoms with Gasteiger partial charge in [0.05, 0.1) is 0 Å². The number of nitrogens with two attached hydrogens (primary N) is 1. The highest BCUT2D eigenvalue weighted by molar-refractivity contribution is 7.86. The molecule has 5 rings (SSSR count). The van der Waals surface area contributed by atoms with Gasteiger partial charge < -0.3 is 10.3 Å². The molecular weight excluding hydrogens is 499 g/mol. The third kappa shape index (κ3) is 4.15. The van der Waals surface area contributed by atoms with E-state index in [1.807, 2.05) is 6.07 Å². The maximum Gasteiger partial charge on any atom is 0.319 e. The molecule has 1 atom stereocenters. The fraction of sp³-hybridized carbons (Fsp3) is 0.120. The van der Waals surface area contributed by atoms with Gasteiger partial charge >= 0.3 is 10.1 Å². The monoisotopic (exact) mass is 520 g/mol. The van der Waals surface area contributed by atoms with Crippen molar-refractivity contribution in [2.75, 3.05) is 7.05 Å². The third-order valence-electron chi connectivity index (χ3n) is 5.91. The summed E-state index contributed by atoms with van der Waals surface area (Å²) in [6.07, 6.45) is 4.23. The van der Waals surface area contributed by atoms with Gasteiger partial charge in [-0.05, 0) is 18.2 Å². The molecule has 1 aliphatic heterocycles. The van der Waals surface area contributed by atoms with Crippen molar-refractivity contribution in [3.63, 3.8) is 0 Å². The molecule has 2 aromatic carbocycles. The number of imidazole rings is 1. The van der Waals surface area contributed by atoms with Crippen LogP contribution < -0.4 is 5.73 Å². The van der Waals surface area contributed by atoms with Crippen molar-refractivity contribution >= 4 is 22.0 Å². The van der Waals surface area contributed by atoms with Crippen LogP contribution in [0.2, 0.25) is 0 Å². The van der Waals surface area contributed by atoms with Crippen LogP contribution in [0.15, 0.2) is 89.3 Å². The van der Waals surface area contributed by atoms with Crippen molar-refractivity contribution in [3.8, 4) is 22.5 Å². The maximum absolute atomic E-state index is 14.8. The number of guanidine groups is 1. The van der Waals surface area contributed by atoms with Crippen molar-refractivity contribution in [3.05, 3.63) is 90.6 Å². The zero-order valence-electron chi connectivity index (χ0n) is 19.7. The van der Waals surface area contributed by atoms with E-state index in [4.69, 9.17) is 9.92 Å². The Bertz CT molecular complexity index is 1640. The second-order valence-electron chi connectivity index (χ2n) is 8.33. The lowest BCUT2D eigenvalue weighted by Crippen LogP contribution is -2.43. The molecule has 12 heteroatoms. The van der Waals surface area contributed by atoms with Crippen LogP contribution in [0.4, 0.5) is 4.39 Å². The van der Waals surface area contributed by atoms with E-state index in [0.717, 1.165) is 11.0 Å². The van der Waals surface area contributed by atoms with Gasteiger partial charge in [-0.15, -0.1) is 0 Å². The van der Waals surface area contributed by atoms with Gasteiger partial charge in [0, 0.05) is 54.9 Å². The Labute approximate surface area is 212 Å². The molecule has 10 nitrogen and oxygen atoms in total. The summed E-state index contributed by atoms with van der Waals surface area (Å²) in [6, 6.07) is 15.8. The van der Waals surface area contributed by atoms with E-state index < -0.39 is 32.6 Å². The number of aryl methyl sites for hydroxylation is 1. The summed E-state index contributed by atoms with van der Waals surface area (Å²) in [5.74, 6) is -1.37. The molecule has 0 saturated heterocycles. The molecule has 0 aliphatic carbocycles. The summed E-state index contributed by atoms with van der Waals surface area (Å²) in [7, 11) is -1.71. The molecule has 188 valence electrons. The molecule has 2 N–H and O–H groups in total. The van der Waals surface area contributed by atoms with E-state index in [9.17, 15) is 17.6 Å². The molecule has 37 heavy (non-hydrogen) atoms. The minimum absolute atomic E-state index is 0.0344. The SMILES string of the molecule is CN1C(=O)C(OS(=O)(=O)c2cn(C)c(-c3ccccc3)n2)(c2ccc(F)c(-c3cccnc3)c2)N=C1N. The fourth-order valence-corrected chi connectivity index (χ4v) is 5.09. The van der Waals surface area contributed by atoms with E-state index >= 15 is 0 Å². The number of amides is 1. The van der Waals surface area contributed by atoms with Crippen LogP contribution in [0.1, 0.15) is 5.56 Å². The lowest BCUT2D eigenvalue weighted by molar-refractivity contribution is -0.140. The smallest absolute Gasteiger partial charge is 0.319 e. The first kappa shape index (κ1) is 24.3. The molecule has 0 saturated carbocycles. The van der Waals surface area contributed by atoms with Crippen LogP contribution in [0.5, 0.6) is 0 Å². The largest absolute Gasteiger partial charge is 0.369 e. The topological polar surface area (TPSA) is 133 Å². The Balaban J connectivity index is 1.62. The Hall–Kier alpha value is -4.42. The first-order valence-corrected chi connectivity index (χ1v) is 12.4. The maximum atomic E-state index is 14.8. The molecule has 3 heterocycles. The van der Waals surface area contributed by atoms with Gasteiger partial charge in [0.2, 0.25) is 11.0 Å². The third-order valence-corrected chi connectivity index (χ3v) is 7.08. The normalized spacial score (nSPS) is 17.8. The zero-order valence-corrected chi connectivity index (χ0v) is 20.6. The number of rotatable bonds is 6. The number of hydrogen-bond donors (Lipinski definition) is 1. The Morgan fingerprint density at radius 1 is 1.03 bits per heavy atom. The summed E-state index contributed by atoms with van der Waals surface area (Å²) >= 11 is 0. The van der Waals surface area contributed by atoms with E-state index in [0.29, 0.717) is 17.0 Å². The summed E-state index contributed by atoms with van der Waals surface area (Å²) in [4.78, 5) is 26.7. The van der Waals surface area contributed by atoms with Crippen LogP contribution in [0.25, 0.3) is 22.5 Å². The molecule has 0 radical (unpaired) electrons. The quantitative estimate of drug-likeness (QED) is 0.387. The van der Waals surface area contributed by atoms with Crippen molar-refractivity contribution in [2.45, 2.75) is 10.8 Å². The van der Waals surface area contributed by atoms with Crippen LogP contribution in [0.3, 0.4) is 0 Å². The van der Waals surface area contributed by atoms with Gasteiger partial charge in [-0.2, -0.15) is 8.42 Å². The highest BCUT2D eigenvalue weighted by Gasteiger charge is 2.53. The number of pyridine rings is 1. The number of benzene rings is 2. The summed E-state index contributed by atoms with van der Waals surface area (Å²) in [5, 5.41) is -0.432. The standard InChI is InChI=1S/C25H21FN6O4S/c1-31-15-21(29-22(31)16-7-4-3-5-8-16)37(34,35)36-25(23(33)32(2)24(27)30-25)18-10-11-20(26)19(13-18)17-9-6-12-28-14-17/h3-15H,1-2H3,(H2,27,30). The van der Waals surface area contributed by atoms with Gasteiger partial charge in [-0.3, -0.25) is 14.7 Å². The highest BCUT2D eigenvalue weighted by Crippen LogP contribution is 2.39. The molecular formula is C25H21FN6O4S. The number of carbonyl (C=O) groups excluding carboxylic acids is 1. The average Bonchev–Trinajstić information content (AvgIpc) is 3.39. The minimum Gasteiger partial charge on any atom is -0.369 e. The summed E-state index contributed by atoms with van der Waals surface area (Å²) in [6.45, 7) is 0. The lowest BCUT2D eigenvalue weighted by Gasteiger charge is -2.25. The Morgan fingerprint density at radius 3 is 2.41 bits per heavy atom. The zero-order chi connectivity index (χ0) is 26.4. The van der Waals surface area contributed by atoms with Gasteiger partial charge in [0.1, 0.15) is 11.6 Å². The summed E-state index contributed by atoms with van der Waals surface area (Å²) in [5.41, 5.74) is 4.61. The van der Waals surface area contributed by atoms with Crippen LogP contribution in [-0.4, -0.2) is 46.8 Å². The van der Waals surface area contributed by atoms with E-state index in [2.05, 4.69) is 15.0 Å². The van der Waals surface area contributed by atoms with E-state index in [1.54, 1.807) is 43.4 Å². The number of aliphatic imine (C=N–C) groups is 1. The van der Waals surface area contributed by atoms with Crippen molar-refractivity contribution in [2.24, 2.45) is 17.8 Å². The molecule has 0 bridgehead atoms. The van der Waals surface area contributed by atoms with E-state index in [-0.39, 0.29) is 17.1 Å². The minimum atomic E-state index is -4.68. The first-order valence-electron chi connectivity index (χ1n) is 11.0. The van der Waals surface area contributed by atoms with Gasteiger partial charge in [-0.25, -0.2) is 18.5 Å². The molecule has 1 aliphatic rings. The Morgan fingerprint density at radius 2 is 1.76 bits per heavy atom. The number of halogens is 1. The van der Waals surface area contributed by atoms with Gasteiger partial charge in [-0.1, -0.05) is 42.5 Å². The molecule has 0 fully saturated rings. The number of nitrogens with zero attached hydrogens (tertiary/aromatic N) is 5. The number of carbonyl (C=O) groups is 1. The van der Waals surface area contributed by atoms with Crippen LogP contribution in [-0.2, 0) is 31.9 Å². The predicted molar refractivity (Wildman–Crippen MR) is 133 cm³/mol. The predicted octanol–water partition coefficient (Wildman–Crippen LogP) is 2.63. The molecule has 4 aromatic rings. The van der Waals surface area contributed by atoms with Crippen molar-refractivity contribution < 1.29 is 21.8 Å². The van der Waals surface area contributed by atoms with Gasteiger partial charge in [0.15, 0.2) is 0 Å². The van der Waals surface area contributed by atoms with Crippen LogP contribution in [0, 0.1) is 5.82 Å². The molecule has 1 unspecified atom stereocenters. The van der Waals surface area contributed by atoms with Crippen molar-refractivity contribution in [1.82, 2.24) is 19.4 Å². The number of likely N-dealkylation sites (N-methyl/N-ethyl adjacent to an activating group) is 1. The Kier molecular flexibility index (Phi) is 5.85. The number of hydrogen-bond acceptors (Lipinski definition) is 8. The second kappa shape index (κ2) is 8.91. The number of aromatic nitrogens is 3. The summed E-state index contributed by atoms with van der Waals surface area (Å²) < 4.78 is 48.8. The lowest BCUT2D eigenvalue weighted by atomic mass is 9.97. The molecule has 2 aromatic heterocycles. The molecule has 0 spiro atoms. The second-order valence-corrected chi connectivity index (χ2v) is 9.82. The van der Waals surface area contributed by atoms with Crippen LogP contribution >= 0.6 is 0 Å². The highest BCUT2D eigenvalue weighted by atomic mass is 32.2. The van der Waals surface area contributed by atoms with E-state index in [1.165, 1.54) is 42.3 Å². The fourth-order valence-electron chi connectivity index (χ4n) is 4.00. The molecule has 1 amide bonds. The first-order chi connectivity index (χ1) is 17.6. The average molecular weight is 521 g/mol.